The Hall–Kier alpha value is -1.81. The van der Waals surface area contributed by atoms with Crippen molar-refractivity contribution >= 4 is 17.2 Å². The van der Waals surface area contributed by atoms with Crippen LogP contribution in [0.5, 0.6) is 11.7 Å². The van der Waals surface area contributed by atoms with Crippen LogP contribution in [0.15, 0.2) is 40.8 Å². The maximum absolute atomic E-state index is 5.56. The van der Waals surface area contributed by atoms with E-state index in [9.17, 15) is 0 Å². The van der Waals surface area contributed by atoms with Crippen LogP contribution in [0.2, 0.25) is 0 Å². The zero-order valence-electron chi connectivity index (χ0n) is 10.3. The molecule has 0 saturated carbocycles. The lowest BCUT2D eigenvalue weighted by Gasteiger charge is -2.06. The first kappa shape index (κ1) is 12.6. The molecule has 0 bridgehead atoms. The summed E-state index contributed by atoms with van der Waals surface area (Å²) in [5, 5.41) is 0. The Morgan fingerprint density at radius 2 is 1.83 bits per heavy atom. The topological polar surface area (TPSA) is 48.4 Å². The molecule has 0 fully saturated rings. The van der Waals surface area contributed by atoms with E-state index in [4.69, 9.17) is 27.1 Å². The third kappa shape index (κ3) is 2.90. The summed E-state index contributed by atoms with van der Waals surface area (Å²) >= 11 is 4.81. The molecule has 2 rings (SSSR count). The minimum atomic E-state index is 0.222. The van der Waals surface area contributed by atoms with Crippen LogP contribution in [-0.4, -0.2) is 4.99 Å². The Kier molecular flexibility index (Phi) is 3.67. The van der Waals surface area contributed by atoms with Gasteiger partial charge in [0.05, 0.1) is 0 Å². The van der Waals surface area contributed by atoms with E-state index in [1.165, 1.54) is 5.56 Å². The molecule has 0 aliphatic rings. The SMILES string of the molecule is CC(C)c1ccc(Oc2ccc(C(N)=S)o2)cc1. The molecule has 1 aromatic carbocycles. The summed E-state index contributed by atoms with van der Waals surface area (Å²) in [5.74, 6) is 2.07. The van der Waals surface area contributed by atoms with Gasteiger partial charge in [-0.1, -0.05) is 38.2 Å². The predicted octanol–water partition coefficient (Wildman–Crippen LogP) is 3.83. The van der Waals surface area contributed by atoms with Gasteiger partial charge in [-0.25, -0.2) is 0 Å². The van der Waals surface area contributed by atoms with E-state index < -0.39 is 0 Å². The van der Waals surface area contributed by atoms with Crippen molar-refractivity contribution in [2.45, 2.75) is 19.8 Å². The summed E-state index contributed by atoms with van der Waals surface area (Å²) in [6, 6.07) is 11.3. The highest BCUT2D eigenvalue weighted by molar-refractivity contribution is 7.80. The molecule has 2 N–H and O–H groups in total. The molecular formula is C14H15NO2S. The maximum Gasteiger partial charge on any atom is 0.290 e. The number of ether oxygens (including phenoxy) is 1. The highest BCUT2D eigenvalue weighted by Crippen LogP contribution is 2.25. The Balaban J connectivity index is 2.10. The van der Waals surface area contributed by atoms with E-state index >= 15 is 0 Å². The van der Waals surface area contributed by atoms with Gasteiger partial charge in [0.1, 0.15) is 10.7 Å². The molecule has 0 aliphatic heterocycles. The molecule has 0 aliphatic carbocycles. The summed E-state index contributed by atoms with van der Waals surface area (Å²) < 4.78 is 10.9. The number of benzene rings is 1. The summed E-state index contributed by atoms with van der Waals surface area (Å²) in [6.07, 6.45) is 0. The standard InChI is InChI=1S/C14H15NO2S/c1-9(2)10-3-5-11(6-4-10)16-13-8-7-12(17-13)14(15)18/h3-9H,1-2H3,(H2,15,18). The van der Waals surface area contributed by atoms with Crippen molar-refractivity contribution in [3.63, 3.8) is 0 Å². The van der Waals surface area contributed by atoms with Crippen LogP contribution in [-0.2, 0) is 0 Å². The van der Waals surface area contributed by atoms with Gasteiger partial charge in [-0.05, 0) is 29.7 Å². The fourth-order valence-corrected chi connectivity index (χ4v) is 1.65. The summed E-state index contributed by atoms with van der Waals surface area (Å²) in [7, 11) is 0. The number of hydrogen-bond donors (Lipinski definition) is 1. The van der Waals surface area contributed by atoms with E-state index in [0.29, 0.717) is 17.6 Å². The van der Waals surface area contributed by atoms with Gasteiger partial charge < -0.3 is 14.9 Å². The van der Waals surface area contributed by atoms with Crippen LogP contribution in [0, 0.1) is 0 Å². The van der Waals surface area contributed by atoms with Crippen LogP contribution in [0.25, 0.3) is 0 Å². The highest BCUT2D eigenvalue weighted by Gasteiger charge is 2.06. The van der Waals surface area contributed by atoms with Gasteiger partial charge in [-0.2, -0.15) is 0 Å². The number of furan rings is 1. The minimum Gasteiger partial charge on any atom is -0.426 e. The van der Waals surface area contributed by atoms with E-state index in [1.807, 2.05) is 24.3 Å². The number of hydrogen-bond acceptors (Lipinski definition) is 3. The van der Waals surface area contributed by atoms with Crippen molar-refractivity contribution in [1.82, 2.24) is 0 Å². The van der Waals surface area contributed by atoms with E-state index in [2.05, 4.69) is 13.8 Å². The molecule has 2 aromatic rings. The normalized spacial score (nSPS) is 10.6. The van der Waals surface area contributed by atoms with E-state index in [0.717, 1.165) is 5.75 Å². The minimum absolute atomic E-state index is 0.222. The second-order valence-corrected chi connectivity index (χ2v) is 4.75. The number of rotatable bonds is 4. The fraction of sp³-hybridized carbons (Fsp3) is 0.214. The average Bonchev–Trinajstić information content (AvgIpc) is 2.78. The molecule has 3 nitrogen and oxygen atoms in total. The molecule has 18 heavy (non-hydrogen) atoms. The lowest BCUT2D eigenvalue weighted by Crippen LogP contribution is -2.07. The van der Waals surface area contributed by atoms with Crippen molar-refractivity contribution in [1.29, 1.82) is 0 Å². The van der Waals surface area contributed by atoms with Crippen molar-refractivity contribution in [3.8, 4) is 11.7 Å². The van der Waals surface area contributed by atoms with Crippen molar-refractivity contribution in [2.75, 3.05) is 0 Å². The predicted molar refractivity (Wildman–Crippen MR) is 75.2 cm³/mol. The zero-order valence-corrected chi connectivity index (χ0v) is 11.2. The monoisotopic (exact) mass is 261 g/mol. The van der Waals surface area contributed by atoms with E-state index in [1.54, 1.807) is 12.1 Å². The Morgan fingerprint density at radius 1 is 1.17 bits per heavy atom. The molecule has 0 amide bonds. The summed E-state index contributed by atoms with van der Waals surface area (Å²) in [5.41, 5.74) is 6.72. The zero-order chi connectivity index (χ0) is 13.1. The Labute approximate surface area is 112 Å². The first-order valence-corrected chi connectivity index (χ1v) is 6.14. The summed E-state index contributed by atoms with van der Waals surface area (Å²) in [4.78, 5) is 0.222. The van der Waals surface area contributed by atoms with Crippen LogP contribution in [0.3, 0.4) is 0 Å². The molecule has 4 heteroatoms. The summed E-state index contributed by atoms with van der Waals surface area (Å²) in [6.45, 7) is 4.30. The van der Waals surface area contributed by atoms with Crippen LogP contribution >= 0.6 is 12.2 Å². The second kappa shape index (κ2) is 5.23. The lowest BCUT2D eigenvalue weighted by atomic mass is 10.0. The molecule has 0 spiro atoms. The van der Waals surface area contributed by atoms with Gasteiger partial charge in [0.15, 0.2) is 5.76 Å². The van der Waals surface area contributed by atoms with Crippen LogP contribution < -0.4 is 10.5 Å². The Bertz CT molecular complexity index is 543. The van der Waals surface area contributed by atoms with Gasteiger partial charge in [-0.3, -0.25) is 0 Å². The number of thiocarbonyl (C=S) groups is 1. The highest BCUT2D eigenvalue weighted by atomic mass is 32.1. The van der Waals surface area contributed by atoms with Crippen molar-refractivity contribution in [3.05, 3.63) is 47.7 Å². The third-order valence-electron chi connectivity index (χ3n) is 2.59. The second-order valence-electron chi connectivity index (χ2n) is 4.31. The third-order valence-corrected chi connectivity index (χ3v) is 2.79. The van der Waals surface area contributed by atoms with Gasteiger partial charge in [0.25, 0.3) is 5.95 Å². The number of nitrogens with two attached hydrogens (primary N) is 1. The molecule has 1 aromatic heterocycles. The van der Waals surface area contributed by atoms with Gasteiger partial charge in [-0.15, -0.1) is 0 Å². The largest absolute Gasteiger partial charge is 0.426 e. The maximum atomic E-state index is 5.56. The first-order valence-electron chi connectivity index (χ1n) is 5.73. The average molecular weight is 261 g/mol. The molecular weight excluding hydrogens is 246 g/mol. The van der Waals surface area contributed by atoms with Gasteiger partial charge >= 0.3 is 0 Å². The molecule has 1 heterocycles. The molecule has 0 radical (unpaired) electrons. The van der Waals surface area contributed by atoms with Crippen LogP contribution in [0.4, 0.5) is 0 Å². The van der Waals surface area contributed by atoms with Crippen molar-refractivity contribution in [2.24, 2.45) is 5.73 Å². The van der Waals surface area contributed by atoms with Crippen LogP contribution in [0.1, 0.15) is 31.1 Å². The molecule has 94 valence electrons. The van der Waals surface area contributed by atoms with E-state index in [-0.39, 0.29) is 4.99 Å². The quantitative estimate of drug-likeness (QED) is 0.850. The molecule has 0 atom stereocenters. The Morgan fingerprint density at radius 3 is 2.33 bits per heavy atom. The van der Waals surface area contributed by atoms with Gasteiger partial charge in [0.2, 0.25) is 0 Å². The lowest BCUT2D eigenvalue weighted by molar-refractivity contribution is 0.344. The van der Waals surface area contributed by atoms with Gasteiger partial charge in [0, 0.05) is 6.07 Å². The fourth-order valence-electron chi connectivity index (χ4n) is 1.54. The molecule has 0 unspecified atom stereocenters. The smallest absolute Gasteiger partial charge is 0.290 e. The molecule has 0 saturated heterocycles. The van der Waals surface area contributed by atoms with Crippen molar-refractivity contribution < 1.29 is 9.15 Å². The first-order chi connectivity index (χ1) is 8.56.